The van der Waals surface area contributed by atoms with Crippen LogP contribution in [0.15, 0.2) is 0 Å². The highest BCUT2D eigenvalue weighted by Crippen LogP contribution is 2.63. The lowest BCUT2D eigenvalue weighted by atomic mass is 9.45. The molecule has 21 fully saturated rings. The standard InChI is InChI=1S/4C14H26.4C13H24.2C12H22/c1-10(2)5-6-11-7-8-12-9-13(11)14(12,3)4;3*1-4-11-5-12-7-13(6-11)9-14(8-12)10(2)3;3*1-9(2)13-7-11-4-10(3)5-12(6-11)8-13;1-10(2)13-8-11-5-3-4-6-12(7-11)9-13;2*1-9(2)12-7-10-4-3-5-11(6-10)8-12/h10-13H,5-9H2,1-4H3;3*10-14H,4-9H2,1-3H3;3*9-13H,4-8H2,1-3H3;10-13H,3-9H2,1-2H3;2*9-12H,3-8H2,1-2H3/t11-,12+,13+;3*11?,12-,13+,14?;3*10?,11-,12+,13?;11-,12+,13?;2*10-,11+,12?/m1........./s1. The molecule has 36 atom stereocenters. The molecular weight excluding hydrogens is 1590 g/mol. The highest BCUT2D eigenvalue weighted by molar-refractivity contribution is 5.04. The quantitative estimate of drug-likeness (QED) is 0.153. The van der Waals surface area contributed by atoms with Gasteiger partial charge in [0.25, 0.3) is 0 Å². The molecule has 0 aromatic heterocycles. The molecule has 21 aliphatic rings. The first-order chi connectivity index (χ1) is 62.8. The van der Waals surface area contributed by atoms with Gasteiger partial charge in [-0.2, -0.15) is 0 Å². The summed E-state index contributed by atoms with van der Waals surface area (Å²) in [6.07, 6.45) is 87.6. The molecule has 0 radical (unpaired) electrons. The molecule has 772 valence electrons. The first-order valence-corrected chi connectivity index (χ1v) is 62.8. The van der Waals surface area contributed by atoms with Gasteiger partial charge in [-0.25, -0.2) is 0 Å². The summed E-state index contributed by atoms with van der Waals surface area (Å²) in [7, 11) is 0. The zero-order valence-corrected chi connectivity index (χ0v) is 95.4. The summed E-state index contributed by atoms with van der Waals surface area (Å²) in [5, 5.41) is 0. The third kappa shape index (κ3) is 35.5. The Hall–Kier alpha value is 0. The molecule has 0 heteroatoms. The van der Waals surface area contributed by atoms with E-state index in [9.17, 15) is 0 Å². The fourth-order valence-corrected chi connectivity index (χ4v) is 37.1. The van der Waals surface area contributed by atoms with Crippen molar-refractivity contribution in [3.05, 3.63) is 0 Å². The SMILES string of the molecule is CC(C)C1C[C@H]2CCCC[C@@H](C1)C2.CC(C)C1C[C@H]2CCC[C@@H](C1)C2.CC(C)C1C[C@H]2CCC[C@@H](C1)C2.CC(C)CC[C@@H]1CC[C@H]2C[C@@H]1C2(C)C.CC1C[C@@H]2CC(C(C)C)C[C@H](C1)C2.CC1C[C@@H]2CC(C(C)C)C[C@H](C1)C2.CC1C[C@@H]2CC(C(C)C)C[C@H](C1)C2.CCC1C[C@@H]2CC(C(C)C)C[C@H](C1)C2.CCC1C[C@@H]2CC(C(C)C)C[C@H](C1)C2.CCC1C[C@@H]2CC(C(C)C)C[C@H](C1)C2. The van der Waals surface area contributed by atoms with Gasteiger partial charge in [0.1, 0.15) is 0 Å². The summed E-state index contributed by atoms with van der Waals surface area (Å²) in [6, 6.07) is 0. The van der Waals surface area contributed by atoms with Crippen LogP contribution in [0.4, 0.5) is 0 Å². The monoisotopic (exact) mass is 1830 g/mol. The van der Waals surface area contributed by atoms with E-state index >= 15 is 0 Å². The predicted molar refractivity (Wildman–Crippen MR) is 585 cm³/mol. The van der Waals surface area contributed by atoms with E-state index in [0.717, 1.165) is 272 Å². The molecule has 20 bridgehead atoms. The van der Waals surface area contributed by atoms with Gasteiger partial charge < -0.3 is 0 Å². The molecule has 21 rings (SSSR count). The van der Waals surface area contributed by atoms with Gasteiger partial charge in [0, 0.05) is 0 Å². The Kier molecular flexibility index (Phi) is 46.6. The van der Waals surface area contributed by atoms with E-state index < -0.39 is 0 Å². The molecule has 132 heavy (non-hydrogen) atoms. The van der Waals surface area contributed by atoms with Gasteiger partial charge in [-0.3, -0.25) is 0 Å². The van der Waals surface area contributed by atoms with Crippen molar-refractivity contribution in [2.45, 2.75) is 560 Å². The molecule has 0 heterocycles. The third-order valence-corrected chi connectivity index (χ3v) is 45.1. The van der Waals surface area contributed by atoms with Crippen LogP contribution in [-0.2, 0) is 0 Å². The van der Waals surface area contributed by atoms with E-state index in [1.165, 1.54) is 109 Å². The molecule has 0 aromatic rings. The van der Waals surface area contributed by atoms with Crippen molar-refractivity contribution in [2.75, 3.05) is 0 Å². The number of hydrogen-bond acceptors (Lipinski definition) is 0. The van der Waals surface area contributed by atoms with Gasteiger partial charge in [-0.15, -0.1) is 0 Å². The Morgan fingerprint density at radius 3 is 0.553 bits per heavy atom. The fraction of sp³-hybridized carbons (Fsp3) is 1.00. The molecule has 0 spiro atoms. The maximum Gasteiger partial charge on any atom is -0.0295 e. The van der Waals surface area contributed by atoms with Crippen LogP contribution >= 0.6 is 0 Å². The van der Waals surface area contributed by atoms with Crippen LogP contribution in [0.1, 0.15) is 560 Å². The maximum absolute atomic E-state index is 2.51. The Morgan fingerprint density at radius 2 is 0.379 bits per heavy atom. The highest BCUT2D eigenvalue weighted by Gasteiger charge is 2.54. The minimum atomic E-state index is 0.694. The smallest absolute Gasteiger partial charge is 0.0295 e. The lowest BCUT2D eigenvalue weighted by Gasteiger charge is -2.60. The van der Waals surface area contributed by atoms with Gasteiger partial charge in [0.05, 0.1) is 0 Å². The Balaban J connectivity index is 0.000000141. The zero-order valence-electron chi connectivity index (χ0n) is 95.4. The van der Waals surface area contributed by atoms with Gasteiger partial charge in [0.15, 0.2) is 0 Å². The van der Waals surface area contributed by atoms with E-state index in [2.05, 4.69) is 194 Å². The Bertz CT molecular complexity index is 2680. The van der Waals surface area contributed by atoms with Crippen molar-refractivity contribution in [1.29, 1.82) is 0 Å². The summed E-state index contributed by atoms with van der Waals surface area (Å²) < 4.78 is 0. The van der Waals surface area contributed by atoms with E-state index in [1.807, 2.05) is 0 Å². The normalized spacial score (nSPS) is 42.8. The van der Waals surface area contributed by atoms with E-state index in [0.29, 0.717) is 5.41 Å². The van der Waals surface area contributed by atoms with Crippen LogP contribution in [0.5, 0.6) is 0 Å². The van der Waals surface area contributed by atoms with Crippen LogP contribution in [0.2, 0.25) is 0 Å². The molecule has 21 aliphatic carbocycles. The molecule has 0 saturated heterocycles. The number of rotatable bonds is 15. The topological polar surface area (TPSA) is 0 Å². The van der Waals surface area contributed by atoms with Crippen molar-refractivity contribution in [1.82, 2.24) is 0 Å². The van der Waals surface area contributed by atoms with Crippen LogP contribution in [-0.4, -0.2) is 0 Å². The predicted octanol–water partition coefficient (Wildman–Crippen LogP) is 42.3. The van der Waals surface area contributed by atoms with Gasteiger partial charge >= 0.3 is 0 Å². The number of fused-ring (bicyclic) bond motifs is 20. The van der Waals surface area contributed by atoms with Gasteiger partial charge in [0.2, 0.25) is 0 Å². The van der Waals surface area contributed by atoms with Crippen molar-refractivity contribution in [2.24, 2.45) is 278 Å². The Morgan fingerprint density at radius 1 is 0.197 bits per heavy atom. The van der Waals surface area contributed by atoms with E-state index in [1.54, 1.807) is 257 Å². The lowest BCUT2D eigenvalue weighted by molar-refractivity contribution is -0.107. The van der Waals surface area contributed by atoms with Gasteiger partial charge in [-0.1, -0.05) is 284 Å². The molecule has 0 amide bonds. The highest BCUT2D eigenvalue weighted by atomic mass is 14.6. The van der Waals surface area contributed by atoms with Crippen molar-refractivity contribution < 1.29 is 0 Å². The fourth-order valence-electron chi connectivity index (χ4n) is 37.1. The first-order valence-electron chi connectivity index (χ1n) is 62.8. The Labute approximate surface area is 831 Å². The van der Waals surface area contributed by atoms with Crippen LogP contribution < -0.4 is 0 Å². The summed E-state index contributed by atoms with van der Waals surface area (Å²) in [6.45, 7) is 67.7. The summed E-state index contributed by atoms with van der Waals surface area (Å²) >= 11 is 0. The average molecular weight is 1830 g/mol. The largest absolute Gasteiger partial charge is 0.0651 e. The maximum atomic E-state index is 2.51. The second-order valence-electron chi connectivity index (χ2n) is 59.8. The van der Waals surface area contributed by atoms with Crippen LogP contribution in [0, 0.1) is 278 Å². The minimum absolute atomic E-state index is 0.694. The van der Waals surface area contributed by atoms with Crippen molar-refractivity contribution in [3.63, 3.8) is 0 Å². The van der Waals surface area contributed by atoms with E-state index in [-0.39, 0.29) is 0 Å². The van der Waals surface area contributed by atoms with Gasteiger partial charge in [-0.05, 0) is 554 Å². The second-order valence-corrected chi connectivity index (χ2v) is 59.8. The molecular formula is C132H244. The molecule has 0 N–H and O–H groups in total. The van der Waals surface area contributed by atoms with Crippen molar-refractivity contribution in [3.8, 4) is 0 Å². The lowest BCUT2D eigenvalue weighted by Crippen LogP contribution is -2.52. The molecule has 0 aliphatic heterocycles. The third-order valence-electron chi connectivity index (χ3n) is 45.1. The summed E-state index contributed by atoms with van der Waals surface area (Å²) in [5.41, 5.74) is 0.694. The van der Waals surface area contributed by atoms with Crippen molar-refractivity contribution >= 4 is 0 Å². The summed E-state index contributed by atoms with van der Waals surface area (Å²) in [5.74, 6) is 48.1. The van der Waals surface area contributed by atoms with Crippen LogP contribution in [0.25, 0.3) is 0 Å². The molecule has 15 unspecified atom stereocenters. The molecule has 0 aromatic carbocycles. The summed E-state index contributed by atoms with van der Waals surface area (Å²) in [4.78, 5) is 0. The van der Waals surface area contributed by atoms with Crippen LogP contribution in [0.3, 0.4) is 0 Å². The number of hydrogen-bond donors (Lipinski definition) is 0. The first kappa shape index (κ1) is 112. The second kappa shape index (κ2) is 54.8. The molecule has 21 saturated carbocycles. The van der Waals surface area contributed by atoms with E-state index in [4.69, 9.17) is 0 Å². The zero-order chi connectivity index (χ0) is 95.4. The minimum Gasteiger partial charge on any atom is -0.0651 e. The average Bonchev–Trinajstić information content (AvgIpc) is 0.737. The molecule has 0 nitrogen and oxygen atoms in total.